The van der Waals surface area contributed by atoms with Gasteiger partial charge in [-0.3, -0.25) is 4.57 Å². The molecule has 0 saturated heterocycles. The smallest absolute Gasteiger partial charge is 0.207 e. The van der Waals surface area contributed by atoms with E-state index in [1.807, 2.05) is 13.0 Å². The molecule has 0 saturated carbocycles. The molecule has 0 aliphatic carbocycles. The van der Waals surface area contributed by atoms with Gasteiger partial charge in [-0.05, 0) is 37.6 Å². The zero-order valence-corrected chi connectivity index (χ0v) is 10.7. The molecule has 0 fully saturated rings. The van der Waals surface area contributed by atoms with E-state index in [4.69, 9.17) is 5.73 Å². The Hall–Kier alpha value is -2.43. The van der Waals surface area contributed by atoms with Gasteiger partial charge in [0.05, 0.1) is 5.69 Å². The molecule has 0 unspecified atom stereocenters. The number of fused-ring (bicyclic) bond motifs is 1. The summed E-state index contributed by atoms with van der Waals surface area (Å²) in [5.41, 5.74) is 9.48. The first-order chi connectivity index (χ1) is 9.08. The minimum absolute atomic E-state index is 0.272. The first-order valence-electron chi connectivity index (χ1n) is 5.94. The van der Waals surface area contributed by atoms with Crippen molar-refractivity contribution < 1.29 is 4.39 Å². The molecule has 0 aliphatic rings. The summed E-state index contributed by atoms with van der Waals surface area (Å²) in [5.74, 6) is 0.0349. The monoisotopic (exact) mass is 256 g/mol. The molecule has 2 aromatic heterocycles. The van der Waals surface area contributed by atoms with E-state index in [1.165, 1.54) is 6.07 Å². The quantitative estimate of drug-likeness (QED) is 0.728. The fraction of sp³-hybridized carbons (Fsp3) is 0.143. The van der Waals surface area contributed by atoms with Crippen molar-refractivity contribution >= 4 is 17.1 Å². The fourth-order valence-electron chi connectivity index (χ4n) is 2.16. The van der Waals surface area contributed by atoms with Crippen molar-refractivity contribution in [1.82, 2.24) is 14.5 Å². The van der Waals surface area contributed by atoms with Crippen LogP contribution in [0.1, 0.15) is 11.1 Å². The first-order valence-corrected chi connectivity index (χ1v) is 5.94. The Morgan fingerprint density at radius 1 is 1.26 bits per heavy atom. The van der Waals surface area contributed by atoms with Gasteiger partial charge in [0.2, 0.25) is 5.95 Å². The standard InChI is InChI=1S/C14H13FN4/c1-8-6-11-13(17-7-8)19(14(16)18-11)12-5-3-4-10(15)9(12)2/h3-7H,1-2H3,(H2,16,18). The molecule has 0 spiro atoms. The summed E-state index contributed by atoms with van der Waals surface area (Å²) in [6.45, 7) is 3.65. The number of nitrogen functional groups attached to an aromatic ring is 1. The molecule has 3 rings (SSSR count). The van der Waals surface area contributed by atoms with Crippen LogP contribution in [0.25, 0.3) is 16.9 Å². The number of halogens is 1. The number of nitrogens with zero attached hydrogens (tertiary/aromatic N) is 3. The third kappa shape index (κ3) is 1.74. The van der Waals surface area contributed by atoms with Gasteiger partial charge >= 0.3 is 0 Å². The third-order valence-electron chi connectivity index (χ3n) is 3.14. The van der Waals surface area contributed by atoms with E-state index in [1.54, 1.807) is 29.8 Å². The number of rotatable bonds is 1. The van der Waals surface area contributed by atoms with Crippen LogP contribution >= 0.6 is 0 Å². The van der Waals surface area contributed by atoms with Crippen LogP contribution in [0.4, 0.5) is 10.3 Å². The largest absolute Gasteiger partial charge is 0.369 e. The van der Waals surface area contributed by atoms with Crippen molar-refractivity contribution in [1.29, 1.82) is 0 Å². The lowest BCUT2D eigenvalue weighted by atomic mass is 10.2. The molecular formula is C14H13FN4. The Kier molecular flexibility index (Phi) is 2.48. The molecule has 0 aliphatic heterocycles. The molecule has 2 N–H and O–H groups in total. The van der Waals surface area contributed by atoms with E-state index >= 15 is 0 Å². The molecule has 0 atom stereocenters. The molecule has 0 radical (unpaired) electrons. The number of hydrogen-bond acceptors (Lipinski definition) is 3. The van der Waals surface area contributed by atoms with Crippen molar-refractivity contribution in [3.63, 3.8) is 0 Å². The average molecular weight is 256 g/mol. The predicted molar refractivity (Wildman–Crippen MR) is 72.7 cm³/mol. The maximum absolute atomic E-state index is 13.7. The average Bonchev–Trinajstić information content (AvgIpc) is 2.68. The number of nitrogens with two attached hydrogens (primary N) is 1. The minimum Gasteiger partial charge on any atom is -0.369 e. The summed E-state index contributed by atoms with van der Waals surface area (Å²) in [6.07, 6.45) is 1.74. The van der Waals surface area contributed by atoms with Crippen molar-refractivity contribution in [2.45, 2.75) is 13.8 Å². The fourth-order valence-corrected chi connectivity index (χ4v) is 2.16. The van der Waals surface area contributed by atoms with Crippen LogP contribution in [0, 0.1) is 19.7 Å². The van der Waals surface area contributed by atoms with Crippen LogP contribution < -0.4 is 5.73 Å². The Morgan fingerprint density at radius 3 is 2.84 bits per heavy atom. The summed E-state index contributed by atoms with van der Waals surface area (Å²) in [5, 5.41) is 0. The van der Waals surface area contributed by atoms with Gasteiger partial charge in [0.1, 0.15) is 11.3 Å². The topological polar surface area (TPSA) is 56.7 Å². The van der Waals surface area contributed by atoms with Crippen molar-refractivity contribution in [2.75, 3.05) is 5.73 Å². The lowest BCUT2D eigenvalue weighted by Gasteiger charge is -2.09. The maximum atomic E-state index is 13.7. The van der Waals surface area contributed by atoms with Gasteiger partial charge in [0, 0.05) is 11.8 Å². The predicted octanol–water partition coefficient (Wildman–Crippen LogP) is 2.76. The molecule has 0 amide bonds. The second kappa shape index (κ2) is 4.05. The van der Waals surface area contributed by atoms with Crippen LogP contribution in [-0.4, -0.2) is 14.5 Å². The van der Waals surface area contributed by atoms with Crippen molar-refractivity contribution in [3.8, 4) is 5.69 Å². The molecule has 96 valence electrons. The number of aromatic nitrogens is 3. The number of imidazole rings is 1. The Bertz CT molecular complexity index is 776. The molecule has 19 heavy (non-hydrogen) atoms. The highest BCUT2D eigenvalue weighted by Gasteiger charge is 2.14. The maximum Gasteiger partial charge on any atom is 0.207 e. The zero-order chi connectivity index (χ0) is 13.6. The highest BCUT2D eigenvalue weighted by atomic mass is 19.1. The van der Waals surface area contributed by atoms with E-state index in [0.29, 0.717) is 28.4 Å². The summed E-state index contributed by atoms with van der Waals surface area (Å²) >= 11 is 0. The SMILES string of the molecule is Cc1cnc2c(c1)nc(N)n2-c1cccc(F)c1C. The molecule has 0 bridgehead atoms. The van der Waals surface area contributed by atoms with E-state index < -0.39 is 0 Å². The number of aryl methyl sites for hydroxylation is 1. The number of hydrogen-bond donors (Lipinski definition) is 1. The highest BCUT2D eigenvalue weighted by Crippen LogP contribution is 2.25. The van der Waals surface area contributed by atoms with Crippen molar-refractivity contribution in [2.24, 2.45) is 0 Å². The van der Waals surface area contributed by atoms with Crippen molar-refractivity contribution in [3.05, 3.63) is 47.4 Å². The van der Waals surface area contributed by atoms with E-state index in [9.17, 15) is 4.39 Å². The molecule has 1 aromatic carbocycles. The highest BCUT2D eigenvalue weighted by molar-refractivity contribution is 5.77. The van der Waals surface area contributed by atoms with Crippen LogP contribution in [-0.2, 0) is 0 Å². The van der Waals surface area contributed by atoms with Crippen LogP contribution in [0.15, 0.2) is 30.5 Å². The summed E-state index contributed by atoms with van der Waals surface area (Å²) in [6, 6.07) is 6.78. The number of pyridine rings is 1. The van der Waals surface area contributed by atoms with Gasteiger partial charge < -0.3 is 5.73 Å². The van der Waals surface area contributed by atoms with Gasteiger partial charge in [-0.25, -0.2) is 14.4 Å². The zero-order valence-electron chi connectivity index (χ0n) is 10.7. The summed E-state index contributed by atoms with van der Waals surface area (Å²) in [4.78, 5) is 8.62. The van der Waals surface area contributed by atoms with Gasteiger partial charge in [0.25, 0.3) is 0 Å². The van der Waals surface area contributed by atoms with Gasteiger partial charge in [-0.1, -0.05) is 6.07 Å². The molecule has 4 nitrogen and oxygen atoms in total. The van der Waals surface area contributed by atoms with Gasteiger partial charge in [-0.15, -0.1) is 0 Å². The lowest BCUT2D eigenvalue weighted by molar-refractivity contribution is 0.617. The Balaban J connectivity index is 2.36. The van der Waals surface area contributed by atoms with E-state index in [2.05, 4.69) is 9.97 Å². The van der Waals surface area contributed by atoms with Gasteiger partial charge in [-0.2, -0.15) is 0 Å². The normalized spacial score (nSPS) is 11.1. The number of benzene rings is 1. The van der Waals surface area contributed by atoms with E-state index in [0.717, 1.165) is 5.56 Å². The second-order valence-electron chi connectivity index (χ2n) is 4.54. The lowest BCUT2D eigenvalue weighted by Crippen LogP contribution is -2.04. The molecule has 2 heterocycles. The Morgan fingerprint density at radius 2 is 2.05 bits per heavy atom. The Labute approximate surface area is 109 Å². The van der Waals surface area contributed by atoms with Crippen LogP contribution in [0.2, 0.25) is 0 Å². The first kappa shape index (κ1) is 11.6. The summed E-state index contributed by atoms with van der Waals surface area (Å²) < 4.78 is 15.3. The number of anilines is 1. The van der Waals surface area contributed by atoms with Gasteiger partial charge in [0.15, 0.2) is 5.65 Å². The second-order valence-corrected chi connectivity index (χ2v) is 4.54. The third-order valence-corrected chi connectivity index (χ3v) is 3.14. The summed E-state index contributed by atoms with van der Waals surface area (Å²) in [7, 11) is 0. The minimum atomic E-state index is -0.272. The molecular weight excluding hydrogens is 243 g/mol. The molecule has 5 heteroatoms. The molecule has 3 aromatic rings. The van der Waals surface area contributed by atoms with Crippen LogP contribution in [0.5, 0.6) is 0 Å². The van der Waals surface area contributed by atoms with Crippen LogP contribution in [0.3, 0.4) is 0 Å². The van der Waals surface area contributed by atoms with E-state index in [-0.39, 0.29) is 5.82 Å².